The van der Waals surface area contributed by atoms with E-state index in [-0.39, 0.29) is 12.5 Å². The fourth-order valence-electron chi connectivity index (χ4n) is 1.70. The van der Waals surface area contributed by atoms with E-state index in [0.717, 1.165) is 5.56 Å². The second kappa shape index (κ2) is 8.01. The summed E-state index contributed by atoms with van der Waals surface area (Å²) in [6.07, 6.45) is 6.69. The molecule has 2 aromatic rings. The Morgan fingerprint density at radius 1 is 1.27 bits per heavy atom. The van der Waals surface area contributed by atoms with Gasteiger partial charge in [-0.05, 0) is 40.2 Å². The molecule has 1 amide bonds. The van der Waals surface area contributed by atoms with Gasteiger partial charge in [-0.3, -0.25) is 4.79 Å². The van der Waals surface area contributed by atoms with Crippen LogP contribution in [-0.2, 0) is 0 Å². The molecule has 2 rings (SSSR count). The molecule has 0 radical (unpaired) electrons. The first-order valence-electron chi connectivity index (χ1n) is 6.45. The summed E-state index contributed by atoms with van der Waals surface area (Å²) in [6.45, 7) is 0.175. The second-order valence-corrected chi connectivity index (χ2v) is 5.06. The van der Waals surface area contributed by atoms with Crippen LogP contribution in [0.3, 0.4) is 0 Å². The number of carbonyl (C=O) groups excluding carboxylic acids is 1. The molecule has 0 saturated heterocycles. The van der Waals surface area contributed by atoms with E-state index >= 15 is 0 Å². The van der Waals surface area contributed by atoms with Crippen LogP contribution in [0.2, 0.25) is 0 Å². The third kappa shape index (κ3) is 4.21. The first-order valence-corrected chi connectivity index (χ1v) is 7.25. The highest BCUT2D eigenvalue weighted by atomic mass is 79.9. The van der Waals surface area contributed by atoms with Crippen LogP contribution in [0.1, 0.15) is 15.9 Å². The summed E-state index contributed by atoms with van der Waals surface area (Å²) in [6, 6.07) is 14.4. The Morgan fingerprint density at radius 3 is 2.77 bits per heavy atom. The van der Waals surface area contributed by atoms with Gasteiger partial charge in [0.1, 0.15) is 12.4 Å². The van der Waals surface area contributed by atoms with Crippen LogP contribution in [0.5, 0.6) is 5.75 Å². The number of rotatable bonds is 5. The van der Waals surface area contributed by atoms with Gasteiger partial charge in [0.05, 0.1) is 11.8 Å². The quantitative estimate of drug-likeness (QED) is 0.508. The maximum atomic E-state index is 12.0. The SMILES string of the molecule is C#CCOc1ccccc1C=NNC(=O)c1ccccc1Br. The summed E-state index contributed by atoms with van der Waals surface area (Å²) >= 11 is 3.32. The minimum atomic E-state index is -0.300. The average Bonchev–Trinajstić information content (AvgIpc) is 2.54. The molecule has 4 nitrogen and oxygen atoms in total. The number of para-hydroxylation sites is 1. The van der Waals surface area contributed by atoms with E-state index in [1.807, 2.05) is 24.3 Å². The number of nitrogens with one attached hydrogen (secondary N) is 1. The molecule has 110 valence electrons. The van der Waals surface area contributed by atoms with Crippen molar-refractivity contribution in [3.05, 3.63) is 64.1 Å². The molecule has 1 N–H and O–H groups in total. The van der Waals surface area contributed by atoms with Crippen molar-refractivity contribution >= 4 is 28.1 Å². The number of halogens is 1. The first kappa shape index (κ1) is 15.8. The largest absolute Gasteiger partial charge is 0.480 e. The summed E-state index contributed by atoms with van der Waals surface area (Å²) < 4.78 is 6.11. The number of carbonyl (C=O) groups is 1. The zero-order valence-corrected chi connectivity index (χ0v) is 13.2. The molecule has 0 fully saturated rings. The smallest absolute Gasteiger partial charge is 0.272 e. The lowest BCUT2D eigenvalue weighted by Gasteiger charge is -2.05. The zero-order valence-electron chi connectivity index (χ0n) is 11.6. The van der Waals surface area contributed by atoms with E-state index in [2.05, 4.69) is 32.4 Å². The summed E-state index contributed by atoms with van der Waals surface area (Å²) in [5.74, 6) is 2.71. The molecule has 0 atom stereocenters. The van der Waals surface area contributed by atoms with Gasteiger partial charge in [-0.2, -0.15) is 5.10 Å². The van der Waals surface area contributed by atoms with E-state index in [1.54, 1.807) is 24.3 Å². The molecule has 0 aromatic heterocycles. The maximum Gasteiger partial charge on any atom is 0.272 e. The summed E-state index contributed by atoms with van der Waals surface area (Å²) in [5.41, 5.74) is 3.71. The molecule has 0 heterocycles. The molecule has 0 aliphatic carbocycles. The Labute approximate surface area is 137 Å². The van der Waals surface area contributed by atoms with Crippen LogP contribution in [0.15, 0.2) is 58.1 Å². The van der Waals surface area contributed by atoms with Crippen molar-refractivity contribution < 1.29 is 9.53 Å². The fourth-order valence-corrected chi connectivity index (χ4v) is 2.17. The van der Waals surface area contributed by atoms with Crippen molar-refractivity contribution in [2.75, 3.05) is 6.61 Å². The highest BCUT2D eigenvalue weighted by Gasteiger charge is 2.07. The molecule has 22 heavy (non-hydrogen) atoms. The third-order valence-electron chi connectivity index (χ3n) is 2.72. The number of hydrogen-bond donors (Lipinski definition) is 1. The highest BCUT2D eigenvalue weighted by Crippen LogP contribution is 2.16. The number of benzene rings is 2. The Bertz CT molecular complexity index is 735. The van der Waals surface area contributed by atoms with Crippen molar-refractivity contribution in [1.82, 2.24) is 5.43 Å². The van der Waals surface area contributed by atoms with E-state index in [0.29, 0.717) is 15.8 Å². The van der Waals surface area contributed by atoms with E-state index < -0.39 is 0 Å². The topological polar surface area (TPSA) is 50.7 Å². The van der Waals surface area contributed by atoms with Crippen molar-refractivity contribution in [1.29, 1.82) is 0 Å². The minimum Gasteiger partial charge on any atom is -0.480 e. The number of hydrogen-bond acceptors (Lipinski definition) is 3. The van der Waals surface area contributed by atoms with Crippen molar-refractivity contribution in [3.8, 4) is 18.1 Å². The lowest BCUT2D eigenvalue weighted by Crippen LogP contribution is -2.18. The number of nitrogens with zero attached hydrogens (tertiary/aromatic N) is 1. The summed E-state index contributed by atoms with van der Waals surface area (Å²) in [5, 5.41) is 3.95. The molecule has 0 aliphatic rings. The maximum absolute atomic E-state index is 12.0. The van der Waals surface area contributed by atoms with Gasteiger partial charge < -0.3 is 4.74 Å². The van der Waals surface area contributed by atoms with Gasteiger partial charge in [-0.25, -0.2) is 5.43 Å². The second-order valence-electron chi connectivity index (χ2n) is 4.21. The van der Waals surface area contributed by atoms with Gasteiger partial charge in [-0.15, -0.1) is 6.42 Å². The van der Waals surface area contributed by atoms with Crippen LogP contribution < -0.4 is 10.2 Å². The Hall–Kier alpha value is -2.58. The predicted molar refractivity (Wildman–Crippen MR) is 90.0 cm³/mol. The lowest BCUT2D eigenvalue weighted by atomic mass is 10.2. The van der Waals surface area contributed by atoms with Crippen molar-refractivity contribution in [2.45, 2.75) is 0 Å². The molecule has 0 spiro atoms. The van der Waals surface area contributed by atoms with Crippen LogP contribution in [0, 0.1) is 12.3 Å². The van der Waals surface area contributed by atoms with Crippen LogP contribution in [-0.4, -0.2) is 18.7 Å². The normalized spacial score (nSPS) is 10.2. The van der Waals surface area contributed by atoms with E-state index in [1.165, 1.54) is 6.21 Å². The van der Waals surface area contributed by atoms with Gasteiger partial charge in [0.15, 0.2) is 0 Å². The number of terminal acetylenes is 1. The van der Waals surface area contributed by atoms with Crippen LogP contribution in [0.4, 0.5) is 0 Å². The monoisotopic (exact) mass is 356 g/mol. The van der Waals surface area contributed by atoms with Gasteiger partial charge in [0.25, 0.3) is 5.91 Å². The highest BCUT2D eigenvalue weighted by molar-refractivity contribution is 9.10. The van der Waals surface area contributed by atoms with Gasteiger partial charge in [0, 0.05) is 10.0 Å². The minimum absolute atomic E-state index is 0.175. The van der Waals surface area contributed by atoms with Gasteiger partial charge >= 0.3 is 0 Å². The summed E-state index contributed by atoms with van der Waals surface area (Å²) in [4.78, 5) is 12.0. The van der Waals surface area contributed by atoms with E-state index in [4.69, 9.17) is 11.2 Å². The standard InChI is InChI=1S/C17H13BrN2O2/c1-2-11-22-16-10-6-3-7-13(16)12-19-20-17(21)14-8-4-5-9-15(14)18/h1,3-10,12H,11H2,(H,20,21). The fraction of sp³-hybridized carbons (Fsp3) is 0.0588. The number of amides is 1. The van der Waals surface area contributed by atoms with Crippen LogP contribution in [0.25, 0.3) is 0 Å². The number of hydrazone groups is 1. The average molecular weight is 357 g/mol. The van der Waals surface area contributed by atoms with Gasteiger partial charge in [-0.1, -0.05) is 30.2 Å². The molecule has 0 aliphatic heterocycles. The zero-order chi connectivity index (χ0) is 15.8. The van der Waals surface area contributed by atoms with Gasteiger partial charge in [0.2, 0.25) is 0 Å². The van der Waals surface area contributed by atoms with Crippen molar-refractivity contribution in [2.24, 2.45) is 5.10 Å². The third-order valence-corrected chi connectivity index (χ3v) is 3.41. The first-order chi connectivity index (χ1) is 10.7. The molecule has 5 heteroatoms. The Morgan fingerprint density at radius 2 is 2.00 bits per heavy atom. The lowest BCUT2D eigenvalue weighted by molar-refractivity contribution is 0.0954. The summed E-state index contributed by atoms with van der Waals surface area (Å²) in [7, 11) is 0. The molecule has 0 saturated carbocycles. The molecule has 2 aromatic carbocycles. The molecule has 0 unspecified atom stereocenters. The molecular formula is C17H13BrN2O2. The Balaban J connectivity index is 2.06. The van der Waals surface area contributed by atoms with E-state index in [9.17, 15) is 4.79 Å². The Kier molecular flexibility index (Phi) is 5.75. The predicted octanol–water partition coefficient (Wildman–Crippen LogP) is 3.23. The van der Waals surface area contributed by atoms with Crippen molar-refractivity contribution in [3.63, 3.8) is 0 Å². The molecular weight excluding hydrogens is 344 g/mol. The van der Waals surface area contributed by atoms with Crippen LogP contribution >= 0.6 is 15.9 Å². The number of ether oxygens (including phenoxy) is 1. The molecule has 0 bridgehead atoms.